The van der Waals surface area contributed by atoms with E-state index in [1.54, 1.807) is 18.2 Å². The van der Waals surface area contributed by atoms with Crippen LogP contribution in [0.4, 0.5) is 9.39 Å². The number of thiophene rings is 1. The lowest BCUT2D eigenvalue weighted by molar-refractivity contribution is -0.117. The molecule has 0 spiro atoms. The van der Waals surface area contributed by atoms with E-state index < -0.39 is 5.97 Å². The van der Waals surface area contributed by atoms with Crippen molar-refractivity contribution in [1.29, 1.82) is 0 Å². The smallest absolute Gasteiger partial charge is 0.348 e. The van der Waals surface area contributed by atoms with Crippen LogP contribution in [0.15, 0.2) is 36.4 Å². The molecule has 114 valence electrons. The summed E-state index contributed by atoms with van der Waals surface area (Å²) in [4.78, 5) is 24.0. The second-order valence-corrected chi connectivity index (χ2v) is 6.23. The maximum atomic E-state index is 13.2. The van der Waals surface area contributed by atoms with Crippen LogP contribution in [0.25, 0.3) is 0 Å². The number of rotatable bonds is 4. The van der Waals surface area contributed by atoms with E-state index in [0.717, 1.165) is 5.56 Å². The second kappa shape index (κ2) is 5.88. The number of hydrogen-bond acceptors (Lipinski definition) is 4. The number of methoxy groups -OCH3 is 1. The highest BCUT2D eigenvalue weighted by Crippen LogP contribution is 2.48. The Balaban J connectivity index is 1.62. The van der Waals surface area contributed by atoms with Crippen LogP contribution in [0.5, 0.6) is 0 Å². The molecular formula is C16H14FNO3S. The van der Waals surface area contributed by atoms with Gasteiger partial charge in [-0.2, -0.15) is 0 Å². The highest BCUT2D eigenvalue weighted by Gasteiger charge is 2.44. The van der Waals surface area contributed by atoms with Gasteiger partial charge in [0.15, 0.2) is 0 Å². The number of halogens is 1. The Morgan fingerprint density at radius 3 is 2.86 bits per heavy atom. The minimum absolute atomic E-state index is 0.0655. The second-order valence-electron chi connectivity index (χ2n) is 5.15. The molecule has 1 aromatic carbocycles. The van der Waals surface area contributed by atoms with Gasteiger partial charge in [0.25, 0.3) is 0 Å². The molecule has 1 N–H and O–H groups in total. The number of nitrogens with one attached hydrogen (secondary N) is 1. The zero-order valence-corrected chi connectivity index (χ0v) is 12.7. The van der Waals surface area contributed by atoms with Gasteiger partial charge in [-0.3, -0.25) is 4.79 Å². The molecule has 1 amide bonds. The number of benzene rings is 1. The number of hydrogen-bond donors (Lipinski definition) is 1. The van der Waals surface area contributed by atoms with Crippen molar-refractivity contribution in [1.82, 2.24) is 0 Å². The molecule has 3 rings (SSSR count). The number of amides is 1. The molecular weight excluding hydrogens is 305 g/mol. The highest BCUT2D eigenvalue weighted by atomic mass is 32.1. The first-order valence-corrected chi connectivity index (χ1v) is 7.64. The SMILES string of the molecule is COC(=O)c1ccc(NC(=O)[C@H]2C[C@H]2c2cccc(F)c2)s1. The lowest BCUT2D eigenvalue weighted by Crippen LogP contribution is -2.13. The van der Waals surface area contributed by atoms with Gasteiger partial charge in [-0.1, -0.05) is 12.1 Å². The lowest BCUT2D eigenvalue weighted by atomic mass is 10.1. The van der Waals surface area contributed by atoms with Crippen LogP contribution in [0.2, 0.25) is 0 Å². The van der Waals surface area contributed by atoms with E-state index in [1.165, 1.54) is 30.6 Å². The summed E-state index contributed by atoms with van der Waals surface area (Å²) in [5, 5.41) is 3.40. The van der Waals surface area contributed by atoms with Crippen LogP contribution in [-0.4, -0.2) is 19.0 Å². The Labute approximate surface area is 130 Å². The van der Waals surface area contributed by atoms with Crippen molar-refractivity contribution in [2.24, 2.45) is 5.92 Å². The van der Waals surface area contributed by atoms with Crippen molar-refractivity contribution in [2.75, 3.05) is 12.4 Å². The van der Waals surface area contributed by atoms with Crippen molar-refractivity contribution >= 4 is 28.2 Å². The molecule has 6 heteroatoms. The quantitative estimate of drug-likeness (QED) is 0.879. The molecule has 0 saturated heterocycles. The number of carbonyl (C=O) groups excluding carboxylic acids is 2. The molecule has 1 fully saturated rings. The maximum Gasteiger partial charge on any atom is 0.348 e. The van der Waals surface area contributed by atoms with Gasteiger partial charge in [0.2, 0.25) is 5.91 Å². The molecule has 2 aromatic rings. The zero-order chi connectivity index (χ0) is 15.7. The van der Waals surface area contributed by atoms with Gasteiger partial charge in [-0.25, -0.2) is 9.18 Å². The minimum atomic E-state index is -0.422. The molecule has 4 nitrogen and oxygen atoms in total. The van der Waals surface area contributed by atoms with Gasteiger partial charge in [0, 0.05) is 5.92 Å². The first-order valence-electron chi connectivity index (χ1n) is 6.83. The molecule has 1 aliphatic rings. The van der Waals surface area contributed by atoms with Gasteiger partial charge in [-0.15, -0.1) is 11.3 Å². The molecule has 0 radical (unpaired) electrons. The summed E-state index contributed by atoms with van der Waals surface area (Å²) in [6.45, 7) is 0. The molecule has 22 heavy (non-hydrogen) atoms. The van der Waals surface area contributed by atoms with Gasteiger partial charge < -0.3 is 10.1 Å². The third-order valence-corrected chi connectivity index (χ3v) is 4.62. The van der Waals surface area contributed by atoms with Crippen LogP contribution in [0.3, 0.4) is 0 Å². The van der Waals surface area contributed by atoms with Gasteiger partial charge in [0.1, 0.15) is 10.7 Å². The average molecular weight is 319 g/mol. The molecule has 1 aromatic heterocycles. The monoisotopic (exact) mass is 319 g/mol. The van der Waals surface area contributed by atoms with E-state index >= 15 is 0 Å². The summed E-state index contributed by atoms with van der Waals surface area (Å²) < 4.78 is 17.8. The normalized spacial score (nSPS) is 19.5. The Morgan fingerprint density at radius 2 is 2.14 bits per heavy atom. The first kappa shape index (κ1) is 14.7. The largest absolute Gasteiger partial charge is 0.465 e. The van der Waals surface area contributed by atoms with Crippen LogP contribution in [0, 0.1) is 11.7 Å². The summed E-state index contributed by atoms with van der Waals surface area (Å²) in [5.74, 6) is -0.896. The number of carbonyl (C=O) groups is 2. The van der Waals surface area contributed by atoms with Crippen LogP contribution < -0.4 is 5.32 Å². The molecule has 0 aliphatic heterocycles. The Hall–Kier alpha value is -2.21. The maximum absolute atomic E-state index is 13.2. The molecule has 1 heterocycles. The molecule has 1 saturated carbocycles. The van der Waals surface area contributed by atoms with E-state index in [2.05, 4.69) is 10.1 Å². The number of anilines is 1. The minimum Gasteiger partial charge on any atom is -0.465 e. The van der Waals surface area contributed by atoms with Crippen molar-refractivity contribution in [3.63, 3.8) is 0 Å². The Bertz CT molecular complexity index is 728. The topological polar surface area (TPSA) is 55.4 Å². The van der Waals surface area contributed by atoms with Crippen molar-refractivity contribution in [3.8, 4) is 0 Å². The fraction of sp³-hybridized carbons (Fsp3) is 0.250. The van der Waals surface area contributed by atoms with Crippen molar-refractivity contribution < 1.29 is 18.7 Å². The number of esters is 1. The Kier molecular flexibility index (Phi) is 3.94. The molecule has 2 atom stereocenters. The van der Waals surface area contributed by atoms with E-state index in [0.29, 0.717) is 16.3 Å². The van der Waals surface area contributed by atoms with Gasteiger partial charge in [-0.05, 0) is 42.2 Å². The standard InChI is InChI=1S/C16H14FNO3S/c1-21-16(20)13-5-6-14(22-13)18-15(19)12-8-11(12)9-3-2-4-10(17)7-9/h2-7,11-12H,8H2,1H3,(H,18,19)/t11-,12-/m0/s1. The van der Waals surface area contributed by atoms with Gasteiger partial charge in [0.05, 0.1) is 12.1 Å². The summed E-state index contributed by atoms with van der Waals surface area (Å²) in [7, 11) is 1.31. The number of ether oxygens (including phenoxy) is 1. The summed E-state index contributed by atoms with van der Waals surface area (Å²) in [6, 6.07) is 9.64. The van der Waals surface area contributed by atoms with Crippen molar-refractivity contribution in [2.45, 2.75) is 12.3 Å². The van der Waals surface area contributed by atoms with Crippen molar-refractivity contribution in [3.05, 3.63) is 52.7 Å². The first-order chi connectivity index (χ1) is 10.6. The fourth-order valence-electron chi connectivity index (χ4n) is 2.42. The Morgan fingerprint density at radius 1 is 1.32 bits per heavy atom. The highest BCUT2D eigenvalue weighted by molar-refractivity contribution is 7.18. The fourth-order valence-corrected chi connectivity index (χ4v) is 3.25. The zero-order valence-electron chi connectivity index (χ0n) is 11.8. The average Bonchev–Trinajstić information content (AvgIpc) is 3.19. The lowest BCUT2D eigenvalue weighted by Gasteiger charge is -2.02. The summed E-state index contributed by atoms with van der Waals surface area (Å²) in [5.41, 5.74) is 0.849. The predicted octanol–water partition coefficient (Wildman–Crippen LogP) is 3.42. The van der Waals surface area contributed by atoms with E-state index in [1.807, 2.05) is 6.07 Å². The summed E-state index contributed by atoms with van der Waals surface area (Å²) in [6.07, 6.45) is 0.713. The van der Waals surface area contributed by atoms with Gasteiger partial charge >= 0.3 is 5.97 Å². The predicted molar refractivity (Wildman–Crippen MR) is 81.5 cm³/mol. The van der Waals surface area contributed by atoms with E-state index in [9.17, 15) is 14.0 Å². The van der Waals surface area contributed by atoms with Crippen LogP contribution >= 0.6 is 11.3 Å². The summed E-state index contributed by atoms with van der Waals surface area (Å²) >= 11 is 1.17. The van der Waals surface area contributed by atoms with Crippen LogP contribution in [0.1, 0.15) is 27.6 Å². The van der Waals surface area contributed by atoms with E-state index in [-0.39, 0.29) is 23.6 Å². The molecule has 0 bridgehead atoms. The molecule has 0 unspecified atom stereocenters. The van der Waals surface area contributed by atoms with Crippen LogP contribution in [-0.2, 0) is 9.53 Å². The molecule has 1 aliphatic carbocycles. The van der Waals surface area contributed by atoms with E-state index in [4.69, 9.17) is 0 Å². The third-order valence-electron chi connectivity index (χ3n) is 3.64. The third kappa shape index (κ3) is 3.01.